The smallest absolute Gasteiger partial charge is 0.233 e. The Bertz CT molecular complexity index is 522. The van der Waals surface area contributed by atoms with Crippen molar-refractivity contribution in [1.82, 2.24) is 4.90 Å². The Hall–Kier alpha value is -2.04. The van der Waals surface area contributed by atoms with Gasteiger partial charge in [-0.3, -0.25) is 14.5 Å². The maximum Gasteiger partial charge on any atom is 0.233 e. The number of likely N-dealkylation sites (tertiary alicyclic amines) is 1. The summed E-state index contributed by atoms with van der Waals surface area (Å²) in [5.74, 6) is -0.132. The van der Waals surface area contributed by atoms with Crippen molar-refractivity contribution in [3.8, 4) is 5.75 Å². The van der Waals surface area contributed by atoms with E-state index in [4.69, 9.17) is 10.5 Å². The Kier molecular flexibility index (Phi) is 3.97. The number of benzene rings is 1. The van der Waals surface area contributed by atoms with Gasteiger partial charge in [-0.2, -0.15) is 0 Å². The van der Waals surface area contributed by atoms with Crippen molar-refractivity contribution < 1.29 is 14.3 Å². The molecule has 1 aromatic rings. The second-order valence-corrected chi connectivity index (χ2v) is 5.14. The van der Waals surface area contributed by atoms with E-state index in [2.05, 4.69) is 0 Å². The van der Waals surface area contributed by atoms with E-state index in [9.17, 15) is 9.59 Å². The molecule has 1 heterocycles. The number of ether oxygens (including phenoxy) is 1. The molecule has 1 saturated heterocycles. The quantitative estimate of drug-likeness (QED) is 0.672. The normalized spacial score (nSPS) is 22.4. The fourth-order valence-corrected chi connectivity index (χ4v) is 2.37. The standard InChI is InChI=1S/C15H20N2O3/c1-4-20-13-6-5-12(16)7-11(13)8-17-14(18)9(2)10(3)15(17)19/h5-7,9-10H,4,8,16H2,1-3H3. The maximum atomic E-state index is 12.1. The number of imide groups is 1. The Morgan fingerprint density at radius 2 is 1.80 bits per heavy atom. The molecular formula is C15H20N2O3. The highest BCUT2D eigenvalue weighted by Crippen LogP contribution is 2.30. The summed E-state index contributed by atoms with van der Waals surface area (Å²) in [6.45, 7) is 6.19. The highest BCUT2D eigenvalue weighted by atomic mass is 16.5. The first-order chi connectivity index (χ1) is 9.45. The molecule has 5 heteroatoms. The van der Waals surface area contributed by atoms with Gasteiger partial charge in [0, 0.05) is 23.1 Å². The number of carbonyl (C=O) groups excluding carboxylic acids is 2. The van der Waals surface area contributed by atoms with E-state index in [-0.39, 0.29) is 30.2 Å². The minimum Gasteiger partial charge on any atom is -0.494 e. The summed E-state index contributed by atoms with van der Waals surface area (Å²) in [6.07, 6.45) is 0. The molecule has 2 unspecified atom stereocenters. The van der Waals surface area contributed by atoms with Crippen LogP contribution in [0.1, 0.15) is 26.3 Å². The average molecular weight is 276 g/mol. The van der Waals surface area contributed by atoms with Crippen LogP contribution in [-0.2, 0) is 16.1 Å². The first-order valence-corrected chi connectivity index (χ1v) is 6.82. The number of amides is 2. The topological polar surface area (TPSA) is 72.6 Å². The molecule has 1 aliphatic rings. The van der Waals surface area contributed by atoms with Crippen LogP contribution in [0, 0.1) is 11.8 Å². The first kappa shape index (κ1) is 14.4. The molecule has 0 radical (unpaired) electrons. The van der Waals surface area contributed by atoms with Gasteiger partial charge in [-0.05, 0) is 25.1 Å². The summed E-state index contributed by atoms with van der Waals surface area (Å²) in [6, 6.07) is 5.26. The van der Waals surface area contributed by atoms with E-state index in [0.29, 0.717) is 18.0 Å². The molecule has 108 valence electrons. The maximum absolute atomic E-state index is 12.1. The van der Waals surface area contributed by atoms with Crippen molar-refractivity contribution in [2.45, 2.75) is 27.3 Å². The molecule has 2 N–H and O–H groups in total. The van der Waals surface area contributed by atoms with Crippen LogP contribution in [0.2, 0.25) is 0 Å². The molecule has 2 rings (SSSR count). The molecule has 2 amide bonds. The number of nitrogens with two attached hydrogens (primary N) is 1. The van der Waals surface area contributed by atoms with Gasteiger partial charge in [0.1, 0.15) is 5.75 Å². The number of nitrogen functional groups attached to an aromatic ring is 1. The van der Waals surface area contributed by atoms with Crippen LogP contribution in [0.15, 0.2) is 18.2 Å². The van der Waals surface area contributed by atoms with Crippen LogP contribution in [0.3, 0.4) is 0 Å². The predicted molar refractivity (Wildman–Crippen MR) is 75.9 cm³/mol. The van der Waals surface area contributed by atoms with Crippen molar-refractivity contribution in [1.29, 1.82) is 0 Å². The van der Waals surface area contributed by atoms with Gasteiger partial charge in [-0.1, -0.05) is 13.8 Å². The Morgan fingerprint density at radius 3 is 2.35 bits per heavy atom. The van der Waals surface area contributed by atoms with Crippen LogP contribution in [0.5, 0.6) is 5.75 Å². The molecule has 0 spiro atoms. The molecule has 0 aliphatic carbocycles. The van der Waals surface area contributed by atoms with Gasteiger partial charge in [0.25, 0.3) is 0 Å². The van der Waals surface area contributed by atoms with Gasteiger partial charge in [0.15, 0.2) is 0 Å². The van der Waals surface area contributed by atoms with Crippen LogP contribution in [0.25, 0.3) is 0 Å². The fourth-order valence-electron chi connectivity index (χ4n) is 2.37. The minimum absolute atomic E-state index is 0.132. The van der Waals surface area contributed by atoms with E-state index in [1.165, 1.54) is 4.90 Å². The van der Waals surface area contributed by atoms with Crippen molar-refractivity contribution in [2.24, 2.45) is 11.8 Å². The van der Waals surface area contributed by atoms with E-state index in [1.807, 2.05) is 6.92 Å². The Balaban J connectivity index is 2.28. The number of carbonyl (C=O) groups is 2. The highest BCUT2D eigenvalue weighted by Gasteiger charge is 2.42. The van der Waals surface area contributed by atoms with E-state index in [0.717, 1.165) is 5.56 Å². The van der Waals surface area contributed by atoms with Gasteiger partial charge >= 0.3 is 0 Å². The molecule has 0 saturated carbocycles. The molecule has 2 atom stereocenters. The molecular weight excluding hydrogens is 256 g/mol. The molecule has 20 heavy (non-hydrogen) atoms. The summed E-state index contributed by atoms with van der Waals surface area (Å²) in [5, 5.41) is 0. The number of rotatable bonds is 4. The van der Waals surface area contributed by atoms with Gasteiger partial charge in [0.2, 0.25) is 11.8 Å². The zero-order chi connectivity index (χ0) is 14.9. The molecule has 5 nitrogen and oxygen atoms in total. The molecule has 0 aromatic heterocycles. The SMILES string of the molecule is CCOc1ccc(N)cc1CN1C(=O)C(C)C(C)C1=O. The lowest BCUT2D eigenvalue weighted by atomic mass is 10.00. The second-order valence-electron chi connectivity index (χ2n) is 5.14. The van der Waals surface area contributed by atoms with Crippen LogP contribution in [-0.4, -0.2) is 23.3 Å². The van der Waals surface area contributed by atoms with Crippen LogP contribution < -0.4 is 10.5 Å². The molecule has 1 aliphatic heterocycles. The Labute approximate surface area is 118 Å². The number of anilines is 1. The van der Waals surface area contributed by atoms with E-state index in [1.54, 1.807) is 32.0 Å². The van der Waals surface area contributed by atoms with Crippen LogP contribution in [0.4, 0.5) is 5.69 Å². The van der Waals surface area contributed by atoms with Crippen molar-refractivity contribution in [2.75, 3.05) is 12.3 Å². The van der Waals surface area contributed by atoms with E-state index >= 15 is 0 Å². The monoisotopic (exact) mass is 276 g/mol. The van der Waals surface area contributed by atoms with Gasteiger partial charge < -0.3 is 10.5 Å². The third-order valence-electron chi connectivity index (χ3n) is 3.77. The summed E-state index contributed by atoms with van der Waals surface area (Å²) >= 11 is 0. The lowest BCUT2D eigenvalue weighted by Gasteiger charge is -2.17. The average Bonchev–Trinajstić information content (AvgIpc) is 2.60. The Morgan fingerprint density at radius 1 is 1.20 bits per heavy atom. The summed E-state index contributed by atoms with van der Waals surface area (Å²) in [7, 11) is 0. The zero-order valence-electron chi connectivity index (χ0n) is 12.1. The minimum atomic E-state index is -0.265. The van der Waals surface area contributed by atoms with Crippen molar-refractivity contribution in [3.63, 3.8) is 0 Å². The summed E-state index contributed by atoms with van der Waals surface area (Å²) < 4.78 is 5.52. The van der Waals surface area contributed by atoms with Gasteiger partial charge in [-0.15, -0.1) is 0 Å². The lowest BCUT2D eigenvalue weighted by molar-refractivity contribution is -0.140. The summed E-state index contributed by atoms with van der Waals surface area (Å²) in [4.78, 5) is 25.5. The van der Waals surface area contributed by atoms with Crippen molar-refractivity contribution >= 4 is 17.5 Å². The number of nitrogens with zero attached hydrogens (tertiary/aromatic N) is 1. The van der Waals surface area contributed by atoms with Crippen LogP contribution >= 0.6 is 0 Å². The molecule has 1 aromatic carbocycles. The first-order valence-electron chi connectivity index (χ1n) is 6.82. The van der Waals surface area contributed by atoms with E-state index < -0.39 is 0 Å². The lowest BCUT2D eigenvalue weighted by Crippen LogP contribution is -2.30. The number of hydrogen-bond acceptors (Lipinski definition) is 4. The molecule has 1 fully saturated rings. The third kappa shape index (κ3) is 2.48. The van der Waals surface area contributed by atoms with Crippen molar-refractivity contribution in [3.05, 3.63) is 23.8 Å². The predicted octanol–water partition coefficient (Wildman–Crippen LogP) is 1.81. The molecule has 0 bridgehead atoms. The van der Waals surface area contributed by atoms with Gasteiger partial charge in [-0.25, -0.2) is 0 Å². The third-order valence-corrected chi connectivity index (χ3v) is 3.77. The fraction of sp³-hybridized carbons (Fsp3) is 0.467. The number of hydrogen-bond donors (Lipinski definition) is 1. The zero-order valence-corrected chi connectivity index (χ0v) is 12.1. The summed E-state index contributed by atoms with van der Waals surface area (Å²) in [5.41, 5.74) is 7.12. The van der Waals surface area contributed by atoms with Gasteiger partial charge in [0.05, 0.1) is 13.2 Å². The largest absolute Gasteiger partial charge is 0.494 e. The second kappa shape index (κ2) is 5.53. The highest BCUT2D eigenvalue weighted by molar-refractivity contribution is 6.04.